The van der Waals surface area contributed by atoms with Gasteiger partial charge in [0.1, 0.15) is 5.82 Å². The van der Waals surface area contributed by atoms with Crippen LogP contribution in [0.15, 0.2) is 39.9 Å². The van der Waals surface area contributed by atoms with Gasteiger partial charge in [0.2, 0.25) is 0 Å². The number of aromatic amines is 1. The molecular formula is C26H31FN4O3. The van der Waals surface area contributed by atoms with Crippen LogP contribution in [0, 0.1) is 11.7 Å². The van der Waals surface area contributed by atoms with Gasteiger partial charge >= 0.3 is 5.69 Å². The first-order valence-electron chi connectivity index (χ1n) is 11.9. The van der Waals surface area contributed by atoms with E-state index in [1.165, 1.54) is 16.7 Å². The Labute approximate surface area is 197 Å². The molecule has 1 unspecified atom stereocenters. The van der Waals surface area contributed by atoms with Crippen LogP contribution in [0.5, 0.6) is 0 Å². The number of H-pyrrole nitrogens is 1. The molecule has 1 aliphatic heterocycles. The molecule has 1 amide bonds. The third-order valence-corrected chi connectivity index (χ3v) is 6.34. The number of aromatic nitrogens is 3. The Morgan fingerprint density at radius 3 is 2.65 bits per heavy atom. The van der Waals surface area contributed by atoms with Gasteiger partial charge in [0.15, 0.2) is 5.65 Å². The molecule has 180 valence electrons. The summed E-state index contributed by atoms with van der Waals surface area (Å²) in [6.45, 7) is 8.81. The quantitative estimate of drug-likeness (QED) is 0.598. The molecule has 8 heteroatoms. The van der Waals surface area contributed by atoms with Crippen molar-refractivity contribution >= 4 is 16.9 Å². The van der Waals surface area contributed by atoms with Gasteiger partial charge in [-0.15, -0.1) is 0 Å². The van der Waals surface area contributed by atoms with Crippen LogP contribution in [0.4, 0.5) is 4.39 Å². The summed E-state index contributed by atoms with van der Waals surface area (Å²) in [5.74, 6) is -0.414. The van der Waals surface area contributed by atoms with E-state index in [1.54, 1.807) is 17.0 Å². The molecule has 0 bridgehead atoms. The van der Waals surface area contributed by atoms with Gasteiger partial charge in [-0.1, -0.05) is 39.8 Å². The van der Waals surface area contributed by atoms with E-state index in [9.17, 15) is 18.8 Å². The molecular weight excluding hydrogens is 435 g/mol. The third-order valence-electron chi connectivity index (χ3n) is 6.34. The number of halogens is 1. The highest BCUT2D eigenvalue weighted by atomic mass is 19.1. The summed E-state index contributed by atoms with van der Waals surface area (Å²) < 4.78 is 15.2. The summed E-state index contributed by atoms with van der Waals surface area (Å²) in [5.41, 5.74) is 0.863. The molecule has 3 aromatic rings. The summed E-state index contributed by atoms with van der Waals surface area (Å²) in [6.07, 6.45) is 2.18. The van der Waals surface area contributed by atoms with Gasteiger partial charge in [-0.25, -0.2) is 14.2 Å². The first-order chi connectivity index (χ1) is 16.2. The van der Waals surface area contributed by atoms with Crippen LogP contribution in [0.1, 0.15) is 68.1 Å². The van der Waals surface area contributed by atoms with Crippen LogP contribution in [-0.4, -0.2) is 37.9 Å². The number of amides is 1. The Kier molecular flexibility index (Phi) is 6.68. The number of likely N-dealkylation sites (tertiary alicyclic amines) is 1. The number of carbonyl (C=O) groups is 1. The minimum Gasteiger partial charge on any atom is -0.335 e. The van der Waals surface area contributed by atoms with Gasteiger partial charge in [0.25, 0.3) is 11.5 Å². The Bertz CT molecular complexity index is 1340. The lowest BCUT2D eigenvalue weighted by atomic mass is 10.0. The Hall–Kier alpha value is -3.29. The molecule has 34 heavy (non-hydrogen) atoms. The number of nitrogens with zero attached hydrogens (tertiary/aromatic N) is 3. The fourth-order valence-corrected chi connectivity index (χ4v) is 4.70. The predicted octanol–water partition coefficient (Wildman–Crippen LogP) is 3.85. The van der Waals surface area contributed by atoms with Crippen molar-refractivity contribution in [2.45, 2.75) is 65.5 Å². The van der Waals surface area contributed by atoms with Crippen LogP contribution in [0.25, 0.3) is 11.0 Å². The minimum absolute atomic E-state index is 0.000455. The zero-order valence-electron chi connectivity index (χ0n) is 20.1. The predicted molar refractivity (Wildman–Crippen MR) is 130 cm³/mol. The molecule has 0 saturated carbocycles. The van der Waals surface area contributed by atoms with Crippen LogP contribution in [0.2, 0.25) is 0 Å². The second kappa shape index (κ2) is 9.52. The molecule has 1 saturated heterocycles. The van der Waals surface area contributed by atoms with E-state index < -0.39 is 11.2 Å². The minimum atomic E-state index is -0.605. The summed E-state index contributed by atoms with van der Waals surface area (Å²) in [4.78, 5) is 48.2. The third kappa shape index (κ3) is 4.67. The van der Waals surface area contributed by atoms with E-state index in [0.717, 1.165) is 18.4 Å². The molecule has 7 nitrogen and oxygen atoms in total. The van der Waals surface area contributed by atoms with Gasteiger partial charge in [-0.05, 0) is 54.9 Å². The highest BCUT2D eigenvalue weighted by molar-refractivity contribution is 6.05. The molecule has 0 radical (unpaired) electrons. The molecule has 1 fully saturated rings. The van der Waals surface area contributed by atoms with Gasteiger partial charge in [-0.2, -0.15) is 0 Å². The average molecular weight is 467 g/mol. The van der Waals surface area contributed by atoms with Crippen molar-refractivity contribution in [1.82, 2.24) is 19.4 Å². The van der Waals surface area contributed by atoms with Crippen LogP contribution in [-0.2, 0) is 13.0 Å². The van der Waals surface area contributed by atoms with E-state index in [1.807, 2.05) is 33.8 Å². The largest absolute Gasteiger partial charge is 0.335 e. The lowest BCUT2D eigenvalue weighted by Crippen LogP contribution is -2.39. The fraction of sp³-hybridized carbons (Fsp3) is 0.462. The number of benzene rings is 1. The van der Waals surface area contributed by atoms with Gasteiger partial charge < -0.3 is 4.90 Å². The number of carbonyl (C=O) groups excluding carboxylic acids is 1. The first-order valence-corrected chi connectivity index (χ1v) is 11.9. The topological polar surface area (TPSA) is 88.1 Å². The Balaban J connectivity index is 1.83. The van der Waals surface area contributed by atoms with Gasteiger partial charge in [0.05, 0.1) is 10.9 Å². The lowest BCUT2D eigenvalue weighted by molar-refractivity contribution is 0.0738. The molecule has 0 spiro atoms. The van der Waals surface area contributed by atoms with E-state index in [-0.39, 0.29) is 46.2 Å². The molecule has 4 rings (SSSR count). The number of rotatable bonds is 6. The van der Waals surface area contributed by atoms with Crippen molar-refractivity contribution in [1.29, 1.82) is 0 Å². The average Bonchev–Trinajstić information content (AvgIpc) is 3.23. The van der Waals surface area contributed by atoms with Crippen molar-refractivity contribution in [2.24, 2.45) is 5.92 Å². The molecule has 1 N–H and O–H groups in total. The van der Waals surface area contributed by atoms with Crippen molar-refractivity contribution in [3.63, 3.8) is 0 Å². The summed E-state index contributed by atoms with van der Waals surface area (Å²) >= 11 is 0. The van der Waals surface area contributed by atoms with Crippen LogP contribution in [0.3, 0.4) is 0 Å². The molecule has 1 aromatic carbocycles. The standard InChI is InChI=1S/C26H31FN4O3/c1-15(2)14-31-23-22(24(32)29-26(31)34)20(13-21(28-23)16(3)4)25(33)30-10-6-9-19(30)12-17-7-5-8-18(27)11-17/h5,7-8,11,13,15-16,19H,6,9-10,12,14H2,1-4H3,(H,29,32,34). The second-order valence-corrected chi connectivity index (χ2v) is 9.84. The number of nitrogens with one attached hydrogen (secondary N) is 1. The molecule has 1 aliphatic rings. The van der Waals surface area contributed by atoms with E-state index >= 15 is 0 Å². The van der Waals surface area contributed by atoms with Crippen LogP contribution < -0.4 is 11.2 Å². The summed E-state index contributed by atoms with van der Waals surface area (Å²) in [6, 6.07) is 8.02. The SMILES string of the molecule is CC(C)Cn1c(=O)[nH]c(=O)c2c(C(=O)N3CCCC3Cc3cccc(F)c3)cc(C(C)C)nc21. The zero-order valence-corrected chi connectivity index (χ0v) is 20.1. The van der Waals surface area contributed by atoms with Gasteiger partial charge in [-0.3, -0.25) is 19.1 Å². The van der Waals surface area contributed by atoms with Gasteiger partial charge in [0, 0.05) is 24.8 Å². The number of pyridine rings is 1. The maximum atomic E-state index is 13.9. The molecule has 1 atom stereocenters. The Morgan fingerprint density at radius 2 is 1.97 bits per heavy atom. The Morgan fingerprint density at radius 1 is 1.21 bits per heavy atom. The number of fused-ring (bicyclic) bond motifs is 1. The second-order valence-electron chi connectivity index (χ2n) is 9.84. The van der Waals surface area contributed by atoms with E-state index in [0.29, 0.717) is 25.2 Å². The molecule has 0 aliphatic carbocycles. The summed E-state index contributed by atoms with van der Waals surface area (Å²) in [7, 11) is 0. The number of hydrogen-bond donors (Lipinski definition) is 1. The van der Waals surface area contributed by atoms with Crippen molar-refractivity contribution in [2.75, 3.05) is 6.54 Å². The smallest absolute Gasteiger partial charge is 0.330 e. The monoisotopic (exact) mass is 466 g/mol. The lowest BCUT2D eigenvalue weighted by Gasteiger charge is -2.26. The zero-order chi connectivity index (χ0) is 24.6. The van der Waals surface area contributed by atoms with E-state index in [4.69, 9.17) is 0 Å². The normalized spacial score (nSPS) is 16.2. The van der Waals surface area contributed by atoms with Crippen molar-refractivity contribution < 1.29 is 9.18 Å². The van der Waals surface area contributed by atoms with Crippen molar-refractivity contribution in [3.8, 4) is 0 Å². The maximum Gasteiger partial charge on any atom is 0.330 e. The van der Waals surface area contributed by atoms with E-state index in [2.05, 4.69) is 9.97 Å². The fourth-order valence-electron chi connectivity index (χ4n) is 4.70. The van der Waals surface area contributed by atoms with Crippen molar-refractivity contribution in [3.05, 3.63) is 73.8 Å². The number of hydrogen-bond acceptors (Lipinski definition) is 4. The first kappa shape index (κ1) is 23.9. The molecule has 2 aromatic heterocycles. The maximum absolute atomic E-state index is 13.9. The van der Waals surface area contributed by atoms with Crippen LogP contribution >= 0.6 is 0 Å². The molecule has 3 heterocycles. The highest BCUT2D eigenvalue weighted by Crippen LogP contribution is 2.27. The summed E-state index contributed by atoms with van der Waals surface area (Å²) in [5, 5.41) is 0.144. The highest BCUT2D eigenvalue weighted by Gasteiger charge is 2.32.